The van der Waals surface area contributed by atoms with E-state index in [0.29, 0.717) is 26.6 Å². The fourth-order valence-electron chi connectivity index (χ4n) is 3.05. The maximum Gasteiger partial charge on any atom is 0.264 e. The number of rotatable bonds is 7. The van der Waals surface area contributed by atoms with Crippen LogP contribution in [0.15, 0.2) is 70.0 Å². The van der Waals surface area contributed by atoms with Crippen molar-refractivity contribution in [3.05, 3.63) is 81.3 Å². The van der Waals surface area contributed by atoms with E-state index in [-0.39, 0.29) is 4.90 Å². The lowest BCUT2D eigenvalue weighted by atomic mass is 10.2. The van der Waals surface area contributed by atoms with Crippen LogP contribution in [0, 0.1) is 13.8 Å². The minimum atomic E-state index is -4.05. The molecule has 0 aromatic heterocycles. The molecule has 0 saturated carbocycles. The Hall–Kier alpha value is -2.55. The van der Waals surface area contributed by atoms with E-state index in [1.807, 2.05) is 13.8 Å². The number of nitrogens with zero attached hydrogens (tertiary/aromatic N) is 1. The zero-order chi connectivity index (χ0) is 23.5. The van der Waals surface area contributed by atoms with Crippen LogP contribution < -0.4 is 14.4 Å². The van der Waals surface area contributed by atoms with Crippen molar-refractivity contribution < 1.29 is 17.9 Å². The molecule has 0 atom stereocenters. The molecule has 32 heavy (non-hydrogen) atoms. The van der Waals surface area contributed by atoms with Gasteiger partial charge in [-0.2, -0.15) is 0 Å². The van der Waals surface area contributed by atoms with Crippen LogP contribution in [0.5, 0.6) is 5.75 Å². The van der Waals surface area contributed by atoms with Crippen LogP contribution in [0.25, 0.3) is 0 Å². The number of methoxy groups -OCH3 is 1. The zero-order valence-electron chi connectivity index (χ0n) is 17.7. The first kappa shape index (κ1) is 24.1. The number of aryl methyl sites for hydroxylation is 2. The van der Waals surface area contributed by atoms with Crippen LogP contribution in [0.2, 0.25) is 5.02 Å². The number of halogens is 2. The van der Waals surface area contributed by atoms with E-state index in [4.69, 9.17) is 16.3 Å². The van der Waals surface area contributed by atoms with Gasteiger partial charge >= 0.3 is 0 Å². The minimum Gasteiger partial charge on any atom is -0.496 e. The summed E-state index contributed by atoms with van der Waals surface area (Å²) < 4.78 is 33.8. The molecule has 9 heteroatoms. The van der Waals surface area contributed by atoms with E-state index in [0.717, 1.165) is 15.4 Å². The van der Waals surface area contributed by atoms with Crippen molar-refractivity contribution in [2.24, 2.45) is 0 Å². The number of carbonyl (C=O) groups excluding carboxylic acids is 1. The molecule has 0 radical (unpaired) electrons. The third kappa shape index (κ3) is 5.43. The number of anilines is 2. The average molecular weight is 538 g/mol. The highest BCUT2D eigenvalue weighted by molar-refractivity contribution is 9.10. The number of carbonyl (C=O) groups is 1. The van der Waals surface area contributed by atoms with Gasteiger partial charge in [-0.25, -0.2) is 8.42 Å². The van der Waals surface area contributed by atoms with Crippen molar-refractivity contribution in [2.75, 3.05) is 23.3 Å². The summed E-state index contributed by atoms with van der Waals surface area (Å²) >= 11 is 9.31. The third-order valence-electron chi connectivity index (χ3n) is 4.78. The molecule has 0 aliphatic carbocycles. The van der Waals surface area contributed by atoms with Gasteiger partial charge in [-0.05, 0) is 83.9 Å². The summed E-state index contributed by atoms with van der Waals surface area (Å²) in [7, 11) is -2.56. The summed E-state index contributed by atoms with van der Waals surface area (Å²) in [6.45, 7) is 3.31. The Morgan fingerprint density at radius 2 is 1.75 bits per heavy atom. The van der Waals surface area contributed by atoms with Gasteiger partial charge in [0.2, 0.25) is 5.91 Å². The lowest BCUT2D eigenvalue weighted by Gasteiger charge is -2.24. The summed E-state index contributed by atoms with van der Waals surface area (Å²) in [6, 6.07) is 16.5. The standard InChI is InChI=1S/C23H22BrClN2O4S/c1-15-4-7-18(8-5-15)27(14-23(28)26-21-10-6-17(25)12-16(21)2)32(29,30)19-9-11-22(31-3)20(24)13-19/h4-13H,14H2,1-3H3,(H,26,28). The topological polar surface area (TPSA) is 75.7 Å². The molecule has 3 aromatic rings. The summed E-state index contributed by atoms with van der Waals surface area (Å²) in [5.74, 6) is 0.0222. The van der Waals surface area contributed by atoms with Gasteiger partial charge < -0.3 is 10.1 Å². The molecule has 0 spiro atoms. The molecule has 0 aliphatic rings. The molecule has 1 amide bonds. The molecular formula is C23H22BrClN2O4S. The maximum absolute atomic E-state index is 13.5. The molecule has 0 heterocycles. The van der Waals surface area contributed by atoms with Crippen LogP contribution in [0.1, 0.15) is 11.1 Å². The number of amides is 1. The second-order valence-corrected chi connectivity index (χ2v) is 10.3. The van der Waals surface area contributed by atoms with Crippen LogP contribution in [-0.2, 0) is 14.8 Å². The number of benzene rings is 3. The Balaban J connectivity index is 1.97. The Kier molecular flexibility index (Phi) is 7.48. The number of sulfonamides is 1. The quantitative estimate of drug-likeness (QED) is 0.428. The van der Waals surface area contributed by atoms with E-state index in [9.17, 15) is 13.2 Å². The first-order valence-corrected chi connectivity index (χ1v) is 12.2. The van der Waals surface area contributed by atoms with E-state index in [1.54, 1.807) is 48.5 Å². The second-order valence-electron chi connectivity index (χ2n) is 7.15. The average Bonchev–Trinajstić information content (AvgIpc) is 2.74. The molecule has 0 unspecified atom stereocenters. The van der Waals surface area contributed by atoms with Crippen molar-refractivity contribution >= 4 is 54.8 Å². The van der Waals surface area contributed by atoms with Gasteiger partial charge in [0.05, 0.1) is 22.2 Å². The lowest BCUT2D eigenvalue weighted by molar-refractivity contribution is -0.114. The van der Waals surface area contributed by atoms with E-state index >= 15 is 0 Å². The van der Waals surface area contributed by atoms with E-state index < -0.39 is 22.5 Å². The van der Waals surface area contributed by atoms with Gasteiger partial charge in [0, 0.05) is 10.7 Å². The first-order chi connectivity index (χ1) is 15.1. The predicted molar refractivity (Wildman–Crippen MR) is 131 cm³/mol. The zero-order valence-corrected chi connectivity index (χ0v) is 20.9. The molecule has 0 saturated heterocycles. The van der Waals surface area contributed by atoms with Crippen molar-refractivity contribution in [2.45, 2.75) is 18.7 Å². The number of nitrogens with one attached hydrogen (secondary N) is 1. The summed E-state index contributed by atoms with van der Waals surface area (Å²) in [5, 5.41) is 3.32. The Labute approximate surface area is 201 Å². The van der Waals surface area contributed by atoms with Crippen LogP contribution in [-0.4, -0.2) is 28.0 Å². The normalized spacial score (nSPS) is 11.2. The fourth-order valence-corrected chi connectivity index (χ4v) is 5.41. The van der Waals surface area contributed by atoms with Gasteiger partial charge in [0.15, 0.2) is 0 Å². The molecule has 1 N–H and O–H groups in total. The highest BCUT2D eigenvalue weighted by atomic mass is 79.9. The highest BCUT2D eigenvalue weighted by Gasteiger charge is 2.28. The highest BCUT2D eigenvalue weighted by Crippen LogP contribution is 2.31. The maximum atomic E-state index is 13.5. The SMILES string of the molecule is COc1ccc(S(=O)(=O)N(CC(=O)Nc2ccc(Cl)cc2C)c2ccc(C)cc2)cc1Br. The minimum absolute atomic E-state index is 0.0289. The van der Waals surface area contributed by atoms with Crippen LogP contribution in [0.3, 0.4) is 0 Å². The molecule has 3 aromatic carbocycles. The Bertz CT molecular complexity index is 1250. The van der Waals surface area contributed by atoms with Crippen LogP contribution in [0.4, 0.5) is 11.4 Å². The van der Waals surface area contributed by atoms with Gasteiger partial charge in [-0.15, -0.1) is 0 Å². The summed E-state index contributed by atoms with van der Waals surface area (Å²) in [5.41, 5.74) is 2.69. The molecular weight excluding hydrogens is 516 g/mol. The number of hydrogen-bond donors (Lipinski definition) is 1. The van der Waals surface area contributed by atoms with Crippen molar-refractivity contribution in [1.82, 2.24) is 0 Å². The fraction of sp³-hybridized carbons (Fsp3) is 0.174. The Morgan fingerprint density at radius 3 is 2.34 bits per heavy atom. The second kappa shape index (κ2) is 9.94. The lowest BCUT2D eigenvalue weighted by Crippen LogP contribution is -2.38. The van der Waals surface area contributed by atoms with Crippen LogP contribution >= 0.6 is 27.5 Å². The summed E-state index contributed by atoms with van der Waals surface area (Å²) in [6.07, 6.45) is 0. The predicted octanol–water partition coefficient (Wildman–Crippen LogP) is 5.56. The van der Waals surface area contributed by atoms with Gasteiger partial charge in [0.1, 0.15) is 12.3 Å². The summed E-state index contributed by atoms with van der Waals surface area (Å²) in [4.78, 5) is 12.9. The first-order valence-electron chi connectivity index (χ1n) is 9.61. The molecule has 0 bridgehead atoms. The van der Waals surface area contributed by atoms with Crippen molar-refractivity contribution in [3.63, 3.8) is 0 Å². The van der Waals surface area contributed by atoms with Crippen molar-refractivity contribution in [1.29, 1.82) is 0 Å². The molecule has 6 nitrogen and oxygen atoms in total. The Morgan fingerprint density at radius 1 is 1.06 bits per heavy atom. The van der Waals surface area contributed by atoms with Gasteiger partial charge in [-0.3, -0.25) is 9.10 Å². The third-order valence-corrected chi connectivity index (χ3v) is 7.41. The van der Waals surface area contributed by atoms with E-state index in [2.05, 4.69) is 21.2 Å². The molecule has 3 rings (SSSR count). The molecule has 168 valence electrons. The largest absolute Gasteiger partial charge is 0.496 e. The smallest absolute Gasteiger partial charge is 0.264 e. The van der Waals surface area contributed by atoms with Gasteiger partial charge in [0.25, 0.3) is 10.0 Å². The molecule has 0 aliphatic heterocycles. The monoisotopic (exact) mass is 536 g/mol. The number of hydrogen-bond acceptors (Lipinski definition) is 4. The van der Waals surface area contributed by atoms with Crippen molar-refractivity contribution in [3.8, 4) is 5.75 Å². The molecule has 0 fully saturated rings. The number of ether oxygens (including phenoxy) is 1. The van der Waals surface area contributed by atoms with Gasteiger partial charge in [-0.1, -0.05) is 29.3 Å². The van der Waals surface area contributed by atoms with E-state index in [1.165, 1.54) is 19.2 Å².